The van der Waals surface area contributed by atoms with Gasteiger partial charge in [-0.2, -0.15) is 0 Å². The second kappa shape index (κ2) is 10.7. The van der Waals surface area contributed by atoms with E-state index in [0.29, 0.717) is 24.5 Å². The van der Waals surface area contributed by atoms with Crippen molar-refractivity contribution in [1.82, 2.24) is 4.31 Å². The zero-order valence-corrected chi connectivity index (χ0v) is 15.7. The number of carbonyl (C=O) groups is 1. The van der Waals surface area contributed by atoms with Crippen LogP contribution in [0.4, 0.5) is 0 Å². The van der Waals surface area contributed by atoms with Gasteiger partial charge in [0.15, 0.2) is 0 Å². The summed E-state index contributed by atoms with van der Waals surface area (Å²) < 4.78 is 25.2. The highest BCUT2D eigenvalue weighted by atomic mass is 35.5. The van der Waals surface area contributed by atoms with Gasteiger partial charge < -0.3 is 5.11 Å². The highest BCUT2D eigenvalue weighted by molar-refractivity contribution is 7.88. The Hall–Kier alpha value is -1.11. The summed E-state index contributed by atoms with van der Waals surface area (Å²) in [4.78, 5) is 10.4. The van der Waals surface area contributed by atoms with Crippen LogP contribution in [0.2, 0.25) is 5.02 Å². The van der Waals surface area contributed by atoms with Crippen LogP contribution in [0.15, 0.2) is 24.3 Å². The van der Waals surface area contributed by atoms with E-state index in [1.165, 1.54) is 10.6 Å². The molecule has 0 unspecified atom stereocenters. The maximum atomic E-state index is 11.9. The summed E-state index contributed by atoms with van der Waals surface area (Å²) in [6.07, 6.45) is 5.90. The normalized spacial score (nSPS) is 11.8. The summed E-state index contributed by atoms with van der Waals surface area (Å²) in [6.45, 7) is 0.952. The minimum atomic E-state index is -3.23. The number of hydrogen-bond donors (Lipinski definition) is 1. The van der Waals surface area contributed by atoms with Gasteiger partial charge >= 0.3 is 5.97 Å². The fourth-order valence-corrected chi connectivity index (χ4v) is 3.66. The number of hydrogen-bond acceptors (Lipinski definition) is 3. The van der Waals surface area contributed by atoms with Crippen LogP contribution in [-0.4, -0.2) is 43.1 Å². The molecular weight excluding hydrogens is 350 g/mol. The fraction of sp³-hybridized carbons (Fsp3) is 0.588. The van der Waals surface area contributed by atoms with Gasteiger partial charge in [0.1, 0.15) is 0 Å². The Bertz CT molecular complexity index is 619. The number of carboxylic acid groups (broad SMARTS) is 1. The van der Waals surface area contributed by atoms with Gasteiger partial charge in [0.25, 0.3) is 0 Å². The van der Waals surface area contributed by atoms with Gasteiger partial charge in [0.2, 0.25) is 10.0 Å². The molecule has 0 aliphatic rings. The van der Waals surface area contributed by atoms with E-state index in [9.17, 15) is 13.2 Å². The molecule has 0 saturated carbocycles. The molecule has 0 fully saturated rings. The zero-order valence-electron chi connectivity index (χ0n) is 14.1. The lowest BCUT2D eigenvalue weighted by molar-refractivity contribution is -0.137. The van der Waals surface area contributed by atoms with Gasteiger partial charge in [-0.05, 0) is 37.3 Å². The predicted octanol–water partition coefficient (Wildman–Crippen LogP) is 3.57. The van der Waals surface area contributed by atoms with Crippen molar-refractivity contribution in [1.29, 1.82) is 0 Å². The van der Waals surface area contributed by atoms with Crippen molar-refractivity contribution in [3.8, 4) is 0 Å². The molecule has 1 rings (SSSR count). The number of sulfonamides is 1. The van der Waals surface area contributed by atoms with E-state index in [1.807, 2.05) is 24.3 Å². The Morgan fingerprint density at radius 3 is 2.33 bits per heavy atom. The highest BCUT2D eigenvalue weighted by Gasteiger charge is 2.15. The van der Waals surface area contributed by atoms with Crippen LogP contribution in [0, 0.1) is 0 Å². The lowest BCUT2D eigenvalue weighted by Gasteiger charge is -2.20. The monoisotopic (exact) mass is 375 g/mol. The van der Waals surface area contributed by atoms with Gasteiger partial charge in [0.05, 0.1) is 6.26 Å². The molecule has 0 amide bonds. The Balaban J connectivity index is 2.35. The summed E-state index contributed by atoms with van der Waals surface area (Å²) in [5, 5.41) is 9.29. The van der Waals surface area contributed by atoms with Crippen molar-refractivity contribution in [3.05, 3.63) is 34.9 Å². The smallest absolute Gasteiger partial charge is 0.303 e. The molecule has 1 N–H and O–H groups in total. The minimum absolute atomic E-state index is 0.174. The Morgan fingerprint density at radius 1 is 1.08 bits per heavy atom. The summed E-state index contributed by atoms with van der Waals surface area (Å²) in [7, 11) is -3.23. The van der Waals surface area contributed by atoms with Gasteiger partial charge in [-0.3, -0.25) is 4.79 Å². The lowest BCUT2D eigenvalue weighted by atomic mass is 10.1. The summed E-state index contributed by atoms with van der Waals surface area (Å²) in [5.74, 6) is -0.785. The molecule has 7 heteroatoms. The molecule has 0 heterocycles. The molecule has 0 aliphatic heterocycles. The number of aryl methyl sites for hydroxylation is 1. The van der Waals surface area contributed by atoms with Crippen molar-refractivity contribution in [2.75, 3.05) is 19.3 Å². The van der Waals surface area contributed by atoms with Crippen molar-refractivity contribution >= 4 is 27.6 Å². The second-order valence-corrected chi connectivity index (χ2v) is 8.30. The van der Waals surface area contributed by atoms with Crippen LogP contribution >= 0.6 is 11.6 Å². The summed E-state index contributed by atoms with van der Waals surface area (Å²) in [5.41, 5.74) is 1.03. The third kappa shape index (κ3) is 8.66. The molecule has 1 aromatic rings. The van der Waals surface area contributed by atoms with E-state index >= 15 is 0 Å². The van der Waals surface area contributed by atoms with Gasteiger partial charge in [-0.25, -0.2) is 12.7 Å². The van der Waals surface area contributed by atoms with Crippen molar-refractivity contribution in [3.63, 3.8) is 0 Å². The average Bonchev–Trinajstić information content (AvgIpc) is 2.49. The SMILES string of the molecule is CS(=O)(=O)N(CCCCCCC(=O)O)CCCc1ccccc1Cl. The minimum Gasteiger partial charge on any atom is -0.481 e. The number of nitrogens with zero attached hydrogens (tertiary/aromatic N) is 1. The van der Waals surface area contributed by atoms with Gasteiger partial charge in [0, 0.05) is 24.5 Å². The molecule has 0 saturated heterocycles. The first-order chi connectivity index (χ1) is 11.3. The van der Waals surface area contributed by atoms with Crippen LogP contribution in [0.3, 0.4) is 0 Å². The second-order valence-electron chi connectivity index (χ2n) is 5.91. The fourth-order valence-electron chi connectivity index (χ4n) is 2.51. The number of halogens is 1. The maximum absolute atomic E-state index is 11.9. The molecular formula is C17H26ClNO4S. The first kappa shape index (κ1) is 20.9. The van der Waals surface area contributed by atoms with Gasteiger partial charge in [-0.1, -0.05) is 42.6 Å². The van der Waals surface area contributed by atoms with Crippen molar-refractivity contribution in [2.45, 2.75) is 44.9 Å². The molecule has 136 valence electrons. The Labute approximate surface area is 149 Å². The van der Waals surface area contributed by atoms with Crippen LogP contribution in [0.5, 0.6) is 0 Å². The molecule has 0 aliphatic carbocycles. The van der Waals surface area contributed by atoms with Crippen LogP contribution in [-0.2, 0) is 21.2 Å². The Kier molecular flexibility index (Phi) is 9.33. The number of aliphatic carboxylic acids is 1. The maximum Gasteiger partial charge on any atom is 0.303 e. The van der Waals surface area contributed by atoms with Crippen LogP contribution < -0.4 is 0 Å². The number of benzene rings is 1. The standard InChI is InChI=1S/C17H26ClNO4S/c1-24(22,23)19(13-7-3-2-4-12-17(20)21)14-8-10-15-9-5-6-11-16(15)18/h5-6,9,11H,2-4,7-8,10,12-14H2,1H3,(H,20,21). The number of carboxylic acids is 1. The predicted molar refractivity (Wildman–Crippen MR) is 96.9 cm³/mol. The number of unbranched alkanes of at least 4 members (excludes halogenated alkanes) is 3. The average molecular weight is 376 g/mol. The quantitative estimate of drug-likeness (QED) is 0.567. The third-order valence-corrected chi connectivity index (χ3v) is 5.50. The molecule has 1 aromatic carbocycles. The largest absolute Gasteiger partial charge is 0.481 e. The van der Waals surface area contributed by atoms with E-state index in [1.54, 1.807) is 0 Å². The highest BCUT2D eigenvalue weighted by Crippen LogP contribution is 2.17. The van der Waals surface area contributed by atoms with Crippen molar-refractivity contribution < 1.29 is 18.3 Å². The van der Waals surface area contributed by atoms with E-state index in [2.05, 4.69) is 0 Å². The molecule has 0 radical (unpaired) electrons. The molecule has 0 atom stereocenters. The molecule has 5 nitrogen and oxygen atoms in total. The van der Waals surface area contributed by atoms with E-state index in [0.717, 1.165) is 37.7 Å². The van der Waals surface area contributed by atoms with E-state index in [-0.39, 0.29) is 6.42 Å². The molecule has 24 heavy (non-hydrogen) atoms. The molecule has 0 spiro atoms. The zero-order chi connectivity index (χ0) is 18.0. The molecule has 0 aromatic heterocycles. The summed E-state index contributed by atoms with van der Waals surface area (Å²) in [6, 6.07) is 7.59. The van der Waals surface area contributed by atoms with E-state index in [4.69, 9.17) is 16.7 Å². The molecule has 0 bridgehead atoms. The third-order valence-electron chi connectivity index (χ3n) is 3.83. The van der Waals surface area contributed by atoms with Crippen LogP contribution in [0.1, 0.15) is 44.1 Å². The first-order valence-electron chi connectivity index (χ1n) is 8.21. The summed E-state index contributed by atoms with van der Waals surface area (Å²) >= 11 is 6.11. The first-order valence-corrected chi connectivity index (χ1v) is 10.4. The Morgan fingerprint density at radius 2 is 1.71 bits per heavy atom. The van der Waals surface area contributed by atoms with E-state index < -0.39 is 16.0 Å². The van der Waals surface area contributed by atoms with Crippen molar-refractivity contribution in [2.24, 2.45) is 0 Å². The topological polar surface area (TPSA) is 74.7 Å². The van der Waals surface area contributed by atoms with Gasteiger partial charge in [-0.15, -0.1) is 0 Å². The lowest BCUT2D eigenvalue weighted by Crippen LogP contribution is -2.32. The number of rotatable bonds is 12. The van der Waals surface area contributed by atoms with Crippen LogP contribution in [0.25, 0.3) is 0 Å².